The summed E-state index contributed by atoms with van der Waals surface area (Å²) in [7, 11) is 0. The van der Waals surface area contributed by atoms with Gasteiger partial charge in [-0.1, -0.05) is 55.5 Å². The first-order chi connectivity index (χ1) is 10.8. The van der Waals surface area contributed by atoms with Crippen molar-refractivity contribution in [3.63, 3.8) is 0 Å². The molecule has 0 bridgehead atoms. The number of nitrogens with one attached hydrogen (secondary N) is 1. The molecule has 0 unspecified atom stereocenters. The monoisotopic (exact) mass is 293 g/mol. The highest BCUT2D eigenvalue weighted by Gasteiger charge is 2.39. The third-order valence-corrected chi connectivity index (χ3v) is 5.10. The highest BCUT2D eigenvalue weighted by atomic mass is 19.1. The van der Waals surface area contributed by atoms with Crippen LogP contribution in [0.25, 0.3) is 0 Å². The Hall–Kier alpha value is -2.09. The number of hydrogen-bond donors (Lipinski definition) is 1. The van der Waals surface area contributed by atoms with Gasteiger partial charge in [-0.3, -0.25) is 0 Å². The average Bonchev–Trinajstić information content (AvgIpc) is 3.04. The smallest absolute Gasteiger partial charge is 0.128 e. The molecule has 2 aliphatic rings. The maximum Gasteiger partial charge on any atom is 0.128 e. The van der Waals surface area contributed by atoms with Crippen LogP contribution in [0.5, 0.6) is 0 Å². The van der Waals surface area contributed by atoms with Crippen molar-refractivity contribution in [1.29, 1.82) is 0 Å². The summed E-state index contributed by atoms with van der Waals surface area (Å²) in [6.45, 7) is 2.17. The second kappa shape index (κ2) is 5.28. The second-order valence-electron chi connectivity index (χ2n) is 6.23. The van der Waals surface area contributed by atoms with Crippen molar-refractivity contribution in [2.45, 2.75) is 31.7 Å². The van der Waals surface area contributed by atoms with E-state index in [1.54, 1.807) is 12.1 Å². The maximum atomic E-state index is 14.3. The summed E-state index contributed by atoms with van der Waals surface area (Å²) < 4.78 is 14.3. The molecule has 2 heteroatoms. The van der Waals surface area contributed by atoms with Crippen molar-refractivity contribution in [3.8, 4) is 0 Å². The molecular formula is C20H20FN. The molecule has 0 saturated heterocycles. The first-order valence-electron chi connectivity index (χ1n) is 8.09. The highest BCUT2D eigenvalue weighted by molar-refractivity contribution is 5.64. The number of fused-ring (bicyclic) bond motifs is 3. The Morgan fingerprint density at radius 2 is 1.91 bits per heavy atom. The molecule has 1 heterocycles. The lowest BCUT2D eigenvalue weighted by Crippen LogP contribution is -2.30. The molecule has 112 valence electrons. The van der Waals surface area contributed by atoms with Crippen molar-refractivity contribution >= 4 is 5.69 Å². The van der Waals surface area contributed by atoms with E-state index in [1.807, 2.05) is 12.1 Å². The Labute approximate surface area is 130 Å². The molecule has 4 rings (SSSR count). The zero-order chi connectivity index (χ0) is 15.1. The first-order valence-corrected chi connectivity index (χ1v) is 8.09. The van der Waals surface area contributed by atoms with Crippen LogP contribution in [0.4, 0.5) is 10.1 Å². The van der Waals surface area contributed by atoms with Crippen LogP contribution in [0.1, 0.15) is 42.0 Å². The minimum Gasteiger partial charge on any atom is -0.377 e. The van der Waals surface area contributed by atoms with Crippen LogP contribution in [0.15, 0.2) is 54.6 Å². The van der Waals surface area contributed by atoms with Gasteiger partial charge >= 0.3 is 0 Å². The largest absolute Gasteiger partial charge is 0.377 e. The number of allylic oxidation sites excluding steroid dienone is 2. The fourth-order valence-electron chi connectivity index (χ4n) is 4.02. The normalized spacial score (nSPS) is 25.5. The SMILES string of the molecule is CCc1cccc2c1N[C@H](c1ccccc1F)[C@@H]1CC=C[C@H]21. The van der Waals surface area contributed by atoms with Gasteiger partial charge in [-0.05, 0) is 36.0 Å². The predicted molar refractivity (Wildman–Crippen MR) is 88.6 cm³/mol. The van der Waals surface area contributed by atoms with E-state index in [1.165, 1.54) is 16.8 Å². The van der Waals surface area contributed by atoms with Gasteiger partial charge in [-0.2, -0.15) is 0 Å². The quantitative estimate of drug-likeness (QED) is 0.749. The van der Waals surface area contributed by atoms with Crippen LogP contribution in [-0.4, -0.2) is 0 Å². The lowest BCUT2D eigenvalue weighted by atomic mass is 9.76. The van der Waals surface area contributed by atoms with Crippen LogP contribution in [0.2, 0.25) is 0 Å². The zero-order valence-electron chi connectivity index (χ0n) is 12.7. The molecule has 1 aliphatic carbocycles. The second-order valence-corrected chi connectivity index (χ2v) is 6.23. The van der Waals surface area contributed by atoms with E-state index >= 15 is 0 Å². The van der Waals surface area contributed by atoms with E-state index in [4.69, 9.17) is 0 Å². The molecule has 1 nitrogen and oxygen atoms in total. The Balaban J connectivity index is 1.85. The number of rotatable bonds is 2. The summed E-state index contributed by atoms with van der Waals surface area (Å²) in [5.74, 6) is 0.687. The lowest BCUT2D eigenvalue weighted by molar-refractivity contribution is 0.412. The number of halogens is 1. The lowest BCUT2D eigenvalue weighted by Gasteiger charge is -2.38. The van der Waals surface area contributed by atoms with Crippen LogP contribution in [0.3, 0.4) is 0 Å². The summed E-state index contributed by atoms with van der Waals surface area (Å²) in [5, 5.41) is 3.67. The number of para-hydroxylation sites is 1. The van der Waals surface area contributed by atoms with Gasteiger partial charge in [0.1, 0.15) is 5.82 Å². The Morgan fingerprint density at radius 1 is 1.09 bits per heavy atom. The number of benzene rings is 2. The number of anilines is 1. The fourth-order valence-corrected chi connectivity index (χ4v) is 4.02. The molecule has 0 aromatic heterocycles. The van der Waals surface area contributed by atoms with Crippen LogP contribution in [-0.2, 0) is 6.42 Å². The third kappa shape index (κ3) is 1.98. The van der Waals surface area contributed by atoms with E-state index in [2.05, 4.69) is 42.6 Å². The standard InChI is InChI=1S/C20H20FN/c1-2-13-7-5-10-15-14-9-6-11-16(14)20(22-19(13)15)17-8-3-4-12-18(17)21/h3-10,12,14,16,20,22H,2,11H2,1H3/t14-,16-,20+/m1/s1. The molecule has 22 heavy (non-hydrogen) atoms. The van der Waals surface area contributed by atoms with Gasteiger partial charge in [0.05, 0.1) is 6.04 Å². The van der Waals surface area contributed by atoms with Gasteiger partial charge in [-0.15, -0.1) is 0 Å². The molecule has 1 N–H and O–H groups in total. The molecular weight excluding hydrogens is 273 g/mol. The van der Waals surface area contributed by atoms with Gasteiger partial charge in [0.2, 0.25) is 0 Å². The van der Waals surface area contributed by atoms with Crippen LogP contribution in [0, 0.1) is 11.7 Å². The van der Waals surface area contributed by atoms with Crippen LogP contribution >= 0.6 is 0 Å². The van der Waals surface area contributed by atoms with E-state index < -0.39 is 0 Å². The molecule has 0 spiro atoms. The van der Waals surface area contributed by atoms with Crippen LogP contribution < -0.4 is 5.32 Å². The van der Waals surface area contributed by atoms with Crippen molar-refractivity contribution in [2.24, 2.45) is 5.92 Å². The fraction of sp³-hybridized carbons (Fsp3) is 0.300. The third-order valence-electron chi connectivity index (χ3n) is 5.10. The minimum atomic E-state index is -0.108. The Kier molecular flexibility index (Phi) is 3.25. The van der Waals surface area contributed by atoms with Crippen molar-refractivity contribution in [3.05, 3.63) is 77.1 Å². The summed E-state index contributed by atoms with van der Waals surface area (Å²) in [6, 6.07) is 13.7. The summed E-state index contributed by atoms with van der Waals surface area (Å²) in [5.41, 5.74) is 4.69. The molecule has 2 aromatic rings. The van der Waals surface area contributed by atoms with Gasteiger partial charge in [0, 0.05) is 17.2 Å². The summed E-state index contributed by atoms with van der Waals surface area (Å²) in [6.07, 6.45) is 6.55. The van der Waals surface area contributed by atoms with Gasteiger partial charge in [-0.25, -0.2) is 4.39 Å². The average molecular weight is 293 g/mol. The van der Waals surface area contributed by atoms with Crippen molar-refractivity contribution in [2.75, 3.05) is 5.32 Å². The van der Waals surface area contributed by atoms with Crippen molar-refractivity contribution < 1.29 is 4.39 Å². The van der Waals surface area contributed by atoms with E-state index in [0.717, 1.165) is 18.4 Å². The number of hydrogen-bond acceptors (Lipinski definition) is 1. The predicted octanol–water partition coefficient (Wildman–Crippen LogP) is 5.21. The minimum absolute atomic E-state index is 0.0430. The molecule has 0 fully saturated rings. The topological polar surface area (TPSA) is 12.0 Å². The van der Waals surface area contributed by atoms with Gasteiger partial charge in [0.15, 0.2) is 0 Å². The summed E-state index contributed by atoms with van der Waals surface area (Å²) >= 11 is 0. The molecule has 0 amide bonds. The molecule has 0 radical (unpaired) electrons. The molecule has 3 atom stereocenters. The number of aryl methyl sites for hydroxylation is 1. The van der Waals surface area contributed by atoms with Crippen molar-refractivity contribution in [1.82, 2.24) is 0 Å². The summed E-state index contributed by atoms with van der Waals surface area (Å²) in [4.78, 5) is 0. The first kappa shape index (κ1) is 13.6. The molecule has 1 aliphatic heterocycles. The highest BCUT2D eigenvalue weighted by Crippen LogP contribution is 2.50. The maximum absolute atomic E-state index is 14.3. The molecule has 2 aromatic carbocycles. The van der Waals surface area contributed by atoms with E-state index in [0.29, 0.717) is 11.8 Å². The van der Waals surface area contributed by atoms with Gasteiger partial charge in [0.25, 0.3) is 0 Å². The van der Waals surface area contributed by atoms with E-state index in [9.17, 15) is 4.39 Å². The van der Waals surface area contributed by atoms with Gasteiger partial charge < -0.3 is 5.32 Å². The van der Waals surface area contributed by atoms with E-state index in [-0.39, 0.29) is 11.9 Å². The Morgan fingerprint density at radius 3 is 2.73 bits per heavy atom. The Bertz CT molecular complexity index is 734. The zero-order valence-corrected chi connectivity index (χ0v) is 12.7. The molecule has 0 saturated carbocycles.